The Balaban J connectivity index is 1.79. The van der Waals surface area contributed by atoms with Gasteiger partial charge in [0.05, 0.1) is 43.2 Å². The molecule has 45 heavy (non-hydrogen) atoms. The molecule has 2 heterocycles. The summed E-state index contributed by atoms with van der Waals surface area (Å²) in [5.41, 5.74) is 1.35. The lowest BCUT2D eigenvalue weighted by Gasteiger charge is -2.18. The van der Waals surface area contributed by atoms with Crippen molar-refractivity contribution in [3.8, 4) is 28.6 Å². The Morgan fingerprint density at radius 1 is 1.09 bits per heavy atom. The van der Waals surface area contributed by atoms with Gasteiger partial charge in [-0.2, -0.15) is 5.26 Å². The average molecular weight is 628 g/mol. The third kappa shape index (κ3) is 6.20. The van der Waals surface area contributed by atoms with Gasteiger partial charge in [0.2, 0.25) is 0 Å². The molecule has 0 saturated carbocycles. The van der Waals surface area contributed by atoms with Crippen LogP contribution >= 0.6 is 11.6 Å². The molecule has 12 heteroatoms. The van der Waals surface area contributed by atoms with Crippen molar-refractivity contribution in [1.82, 2.24) is 19.4 Å². The molecule has 0 bridgehead atoms. The fourth-order valence-corrected chi connectivity index (χ4v) is 5.23. The van der Waals surface area contributed by atoms with Crippen molar-refractivity contribution in [3.05, 3.63) is 121 Å². The maximum atomic E-state index is 14.2. The second-order valence-electron chi connectivity index (χ2n) is 10.2. The third-order valence-corrected chi connectivity index (χ3v) is 7.50. The molecule has 0 saturated heterocycles. The van der Waals surface area contributed by atoms with Gasteiger partial charge in [0.15, 0.2) is 0 Å². The van der Waals surface area contributed by atoms with Crippen molar-refractivity contribution in [2.45, 2.75) is 13.5 Å². The second-order valence-corrected chi connectivity index (χ2v) is 10.6. The quantitative estimate of drug-likeness (QED) is 0.236. The molecule has 0 radical (unpaired) electrons. The first-order chi connectivity index (χ1) is 21.7. The van der Waals surface area contributed by atoms with Gasteiger partial charge in [0.25, 0.3) is 11.5 Å². The number of aryl methyl sites for hydroxylation is 1. The third-order valence-electron chi connectivity index (χ3n) is 7.17. The summed E-state index contributed by atoms with van der Waals surface area (Å²) in [6.07, 6.45) is 3.00. The Morgan fingerprint density at radius 2 is 1.89 bits per heavy atom. The molecular formula is C33H27ClFN5O5. The summed E-state index contributed by atoms with van der Waals surface area (Å²) in [4.78, 5) is 45.1. The fraction of sp³-hybridized carbons (Fsp3) is 0.182. The molecule has 0 aliphatic heterocycles. The van der Waals surface area contributed by atoms with Crippen molar-refractivity contribution in [2.24, 2.45) is 0 Å². The van der Waals surface area contributed by atoms with Crippen LogP contribution in [0.25, 0.3) is 27.7 Å². The number of amides is 1. The van der Waals surface area contributed by atoms with E-state index in [0.717, 1.165) is 16.2 Å². The molecule has 0 unspecified atom stereocenters. The number of pyridine rings is 1. The largest absolute Gasteiger partial charge is 0.496 e. The SMILES string of the molecule is COCCNC(=O)c1ccc(Cl)c(-c2cc(OC)c3c(=O)n(-c4cncc(C)c4)c(=O)n(Cc4ccc(F)c(C#N)c4)c3c2)c1. The molecule has 1 amide bonds. The summed E-state index contributed by atoms with van der Waals surface area (Å²) >= 11 is 6.61. The van der Waals surface area contributed by atoms with Crippen LogP contribution in [-0.4, -0.2) is 47.4 Å². The minimum Gasteiger partial charge on any atom is -0.496 e. The van der Waals surface area contributed by atoms with Gasteiger partial charge >= 0.3 is 5.69 Å². The molecule has 228 valence electrons. The lowest BCUT2D eigenvalue weighted by molar-refractivity contribution is 0.0937. The molecule has 3 aromatic carbocycles. The zero-order valence-corrected chi connectivity index (χ0v) is 25.3. The highest BCUT2D eigenvalue weighted by atomic mass is 35.5. The number of nitriles is 1. The maximum absolute atomic E-state index is 14.2. The van der Waals surface area contributed by atoms with Crippen LogP contribution in [0.4, 0.5) is 4.39 Å². The van der Waals surface area contributed by atoms with Gasteiger partial charge in [-0.3, -0.25) is 19.1 Å². The van der Waals surface area contributed by atoms with Crippen LogP contribution in [0, 0.1) is 24.1 Å². The number of carbonyl (C=O) groups is 1. The number of rotatable bonds is 9. The van der Waals surface area contributed by atoms with Crippen LogP contribution in [0.3, 0.4) is 0 Å². The number of ether oxygens (including phenoxy) is 2. The Labute approximate surface area is 261 Å². The topological polar surface area (TPSA) is 128 Å². The van der Waals surface area contributed by atoms with Crippen molar-refractivity contribution in [1.29, 1.82) is 5.26 Å². The van der Waals surface area contributed by atoms with Crippen LogP contribution in [0.2, 0.25) is 5.02 Å². The molecular weight excluding hydrogens is 601 g/mol. The van der Waals surface area contributed by atoms with Gasteiger partial charge in [-0.05, 0) is 72.1 Å². The molecule has 10 nitrogen and oxygen atoms in total. The summed E-state index contributed by atoms with van der Waals surface area (Å²) in [5.74, 6) is -0.883. The standard InChI is InChI=1S/C33H27ClFN5O5/c1-19-10-24(17-37-16-19)40-32(42)30-28(39(33(40)43)18-20-4-7-27(35)23(11-20)15-36)13-22(14-29(30)45-3)25-12-21(5-6-26(25)34)31(41)38-8-9-44-2/h4-7,10-14,16-17H,8-9,18H2,1-3H3,(H,38,41). The summed E-state index contributed by atoms with van der Waals surface area (Å²) in [6.45, 7) is 2.31. The number of aromatic nitrogens is 3. The van der Waals surface area contributed by atoms with E-state index in [1.54, 1.807) is 49.5 Å². The van der Waals surface area contributed by atoms with E-state index in [9.17, 15) is 24.0 Å². The summed E-state index contributed by atoms with van der Waals surface area (Å²) in [6, 6.07) is 15.4. The van der Waals surface area contributed by atoms with Gasteiger partial charge < -0.3 is 14.8 Å². The van der Waals surface area contributed by atoms with Crippen molar-refractivity contribution >= 4 is 28.4 Å². The molecule has 5 rings (SSSR count). The lowest BCUT2D eigenvalue weighted by atomic mass is 10.00. The highest BCUT2D eigenvalue weighted by Gasteiger charge is 2.21. The van der Waals surface area contributed by atoms with Crippen LogP contribution in [0.15, 0.2) is 76.6 Å². The Bertz CT molecular complexity index is 2120. The number of hydrogen-bond donors (Lipinski definition) is 1. The number of nitrogens with zero attached hydrogens (tertiary/aromatic N) is 4. The van der Waals surface area contributed by atoms with E-state index in [1.807, 2.05) is 6.07 Å². The lowest BCUT2D eigenvalue weighted by Crippen LogP contribution is -2.39. The normalized spacial score (nSPS) is 10.9. The van der Waals surface area contributed by atoms with Gasteiger partial charge in [0.1, 0.15) is 23.0 Å². The molecule has 5 aromatic rings. The van der Waals surface area contributed by atoms with Gasteiger partial charge in [-0.1, -0.05) is 17.7 Å². The Morgan fingerprint density at radius 3 is 2.60 bits per heavy atom. The van der Waals surface area contributed by atoms with E-state index in [2.05, 4.69) is 10.3 Å². The van der Waals surface area contributed by atoms with Crippen LogP contribution in [0.5, 0.6) is 5.75 Å². The molecule has 2 aromatic heterocycles. The molecule has 0 fully saturated rings. The maximum Gasteiger partial charge on any atom is 0.336 e. The number of fused-ring (bicyclic) bond motifs is 1. The number of nitrogens with one attached hydrogen (secondary N) is 1. The van der Waals surface area contributed by atoms with E-state index in [4.69, 9.17) is 21.1 Å². The van der Waals surface area contributed by atoms with E-state index < -0.39 is 17.1 Å². The predicted molar refractivity (Wildman–Crippen MR) is 168 cm³/mol. The van der Waals surface area contributed by atoms with Crippen LogP contribution < -0.4 is 21.3 Å². The summed E-state index contributed by atoms with van der Waals surface area (Å²) < 4.78 is 27.2. The number of hydrogen-bond acceptors (Lipinski definition) is 7. The zero-order valence-electron chi connectivity index (χ0n) is 24.6. The molecule has 0 spiro atoms. The number of benzene rings is 3. The monoisotopic (exact) mass is 627 g/mol. The fourth-order valence-electron chi connectivity index (χ4n) is 5.00. The van der Waals surface area contributed by atoms with E-state index >= 15 is 0 Å². The Hall–Kier alpha value is -5.31. The first kappa shape index (κ1) is 31.1. The first-order valence-corrected chi connectivity index (χ1v) is 14.1. The number of carbonyl (C=O) groups excluding carboxylic acids is 1. The average Bonchev–Trinajstić information content (AvgIpc) is 3.03. The smallest absolute Gasteiger partial charge is 0.336 e. The van der Waals surface area contributed by atoms with Crippen LogP contribution in [0.1, 0.15) is 27.0 Å². The van der Waals surface area contributed by atoms with E-state index in [0.29, 0.717) is 40.4 Å². The van der Waals surface area contributed by atoms with Crippen molar-refractivity contribution < 1.29 is 18.7 Å². The molecule has 1 N–H and O–H groups in total. The Kier molecular flexibility index (Phi) is 9.08. The second kappa shape index (κ2) is 13.1. The summed E-state index contributed by atoms with van der Waals surface area (Å²) in [5, 5.41) is 12.6. The molecule has 0 atom stereocenters. The predicted octanol–water partition coefficient (Wildman–Crippen LogP) is 4.62. The van der Waals surface area contributed by atoms with E-state index in [1.165, 1.54) is 37.1 Å². The molecule has 0 aliphatic rings. The van der Waals surface area contributed by atoms with Gasteiger partial charge in [0, 0.05) is 36.0 Å². The minimum atomic E-state index is -0.695. The highest BCUT2D eigenvalue weighted by molar-refractivity contribution is 6.33. The van der Waals surface area contributed by atoms with Crippen molar-refractivity contribution in [2.75, 3.05) is 27.4 Å². The summed E-state index contributed by atoms with van der Waals surface area (Å²) in [7, 11) is 2.93. The molecule has 0 aliphatic carbocycles. The van der Waals surface area contributed by atoms with Crippen LogP contribution in [-0.2, 0) is 11.3 Å². The van der Waals surface area contributed by atoms with Gasteiger partial charge in [-0.15, -0.1) is 0 Å². The van der Waals surface area contributed by atoms with E-state index in [-0.39, 0.29) is 40.4 Å². The van der Waals surface area contributed by atoms with Gasteiger partial charge in [-0.25, -0.2) is 13.8 Å². The number of halogens is 2. The first-order valence-electron chi connectivity index (χ1n) is 13.7. The minimum absolute atomic E-state index is 0.0922. The highest BCUT2D eigenvalue weighted by Crippen LogP contribution is 2.35. The van der Waals surface area contributed by atoms with Crippen molar-refractivity contribution in [3.63, 3.8) is 0 Å². The number of methoxy groups -OCH3 is 2. The zero-order chi connectivity index (χ0) is 32.2.